The number of aromatic nitrogens is 1. The normalized spacial score (nSPS) is 12.2. The Hall–Kier alpha value is -2.11. The van der Waals surface area contributed by atoms with Crippen LogP contribution in [0.5, 0.6) is 0 Å². The first kappa shape index (κ1) is 15.8. The van der Waals surface area contributed by atoms with Gasteiger partial charge in [0.05, 0.1) is 4.90 Å². The van der Waals surface area contributed by atoms with Crippen molar-refractivity contribution in [2.24, 2.45) is 0 Å². The second-order valence-corrected chi connectivity index (χ2v) is 8.03. The first-order chi connectivity index (χ1) is 10.9. The molecular weight excluding hydrogens is 308 g/mol. The van der Waals surface area contributed by atoms with Gasteiger partial charge >= 0.3 is 0 Å². The summed E-state index contributed by atoms with van der Waals surface area (Å²) >= 11 is 0. The van der Waals surface area contributed by atoms with E-state index in [-0.39, 0.29) is 0 Å². The molecule has 0 saturated heterocycles. The van der Waals surface area contributed by atoms with Crippen LogP contribution in [0.15, 0.2) is 53.4 Å². The van der Waals surface area contributed by atoms with Crippen LogP contribution < -0.4 is 0 Å². The number of fused-ring (bicyclic) bond motifs is 1. The van der Waals surface area contributed by atoms with Crippen molar-refractivity contribution in [3.63, 3.8) is 0 Å². The average molecular weight is 328 g/mol. The molecular formula is C18H20N2O2S. The minimum Gasteiger partial charge on any atom is -0.358 e. The van der Waals surface area contributed by atoms with E-state index in [1.807, 2.05) is 24.3 Å². The average Bonchev–Trinajstić information content (AvgIpc) is 2.84. The predicted molar refractivity (Wildman–Crippen MR) is 93.2 cm³/mol. The number of benzene rings is 2. The van der Waals surface area contributed by atoms with E-state index in [4.69, 9.17) is 0 Å². The number of para-hydroxylation sites is 1. The molecule has 2 aromatic carbocycles. The highest BCUT2D eigenvalue weighted by Crippen LogP contribution is 2.25. The van der Waals surface area contributed by atoms with E-state index >= 15 is 0 Å². The fourth-order valence-electron chi connectivity index (χ4n) is 2.76. The molecule has 5 heteroatoms. The monoisotopic (exact) mass is 328 g/mol. The van der Waals surface area contributed by atoms with Gasteiger partial charge in [0.15, 0.2) is 0 Å². The SMILES string of the molecule is Cc1[nH]c2ccccc2c1Cc1ccc(S(=O)(=O)N(C)C)cc1. The maximum absolute atomic E-state index is 12.1. The molecule has 0 bridgehead atoms. The highest BCUT2D eigenvalue weighted by Gasteiger charge is 2.17. The fourth-order valence-corrected chi connectivity index (χ4v) is 3.66. The second kappa shape index (κ2) is 5.83. The van der Waals surface area contributed by atoms with Crippen LogP contribution >= 0.6 is 0 Å². The molecule has 0 saturated carbocycles. The molecule has 0 aliphatic heterocycles. The zero-order chi connectivity index (χ0) is 16.6. The Morgan fingerprint density at radius 1 is 1.00 bits per heavy atom. The summed E-state index contributed by atoms with van der Waals surface area (Å²) < 4.78 is 25.4. The van der Waals surface area contributed by atoms with Crippen LogP contribution in [0.1, 0.15) is 16.8 Å². The maximum Gasteiger partial charge on any atom is 0.242 e. The first-order valence-electron chi connectivity index (χ1n) is 7.47. The van der Waals surface area contributed by atoms with Crippen LogP contribution in [0, 0.1) is 6.92 Å². The number of rotatable bonds is 4. The largest absolute Gasteiger partial charge is 0.358 e. The van der Waals surface area contributed by atoms with Crippen LogP contribution in [0.4, 0.5) is 0 Å². The quantitative estimate of drug-likeness (QED) is 0.799. The van der Waals surface area contributed by atoms with Crippen LogP contribution in [0.25, 0.3) is 10.9 Å². The van der Waals surface area contributed by atoms with Crippen LogP contribution in [-0.4, -0.2) is 31.8 Å². The van der Waals surface area contributed by atoms with Crippen molar-refractivity contribution in [2.75, 3.05) is 14.1 Å². The Morgan fingerprint density at radius 2 is 1.65 bits per heavy atom. The van der Waals surface area contributed by atoms with Crippen molar-refractivity contribution in [1.29, 1.82) is 0 Å². The molecule has 3 aromatic rings. The zero-order valence-corrected chi connectivity index (χ0v) is 14.3. The molecule has 1 heterocycles. The lowest BCUT2D eigenvalue weighted by molar-refractivity contribution is 0.520. The second-order valence-electron chi connectivity index (χ2n) is 5.88. The Kier molecular flexibility index (Phi) is 4.00. The Balaban J connectivity index is 1.93. The lowest BCUT2D eigenvalue weighted by atomic mass is 10.0. The number of nitrogens with zero attached hydrogens (tertiary/aromatic N) is 1. The van der Waals surface area contributed by atoms with Gasteiger partial charge in [-0.25, -0.2) is 12.7 Å². The molecule has 0 atom stereocenters. The summed E-state index contributed by atoms with van der Waals surface area (Å²) in [6.45, 7) is 2.07. The molecule has 0 amide bonds. The molecule has 3 rings (SSSR count). The molecule has 0 unspecified atom stereocenters. The third-order valence-corrected chi connectivity index (χ3v) is 5.94. The molecule has 0 spiro atoms. The number of hydrogen-bond donors (Lipinski definition) is 1. The van der Waals surface area contributed by atoms with Gasteiger partial charge in [-0.2, -0.15) is 0 Å². The van der Waals surface area contributed by atoms with Gasteiger partial charge in [0, 0.05) is 30.7 Å². The van der Waals surface area contributed by atoms with Crippen molar-refractivity contribution in [3.05, 3.63) is 65.4 Å². The Labute approximate surface area is 136 Å². The molecule has 1 aromatic heterocycles. The number of hydrogen-bond acceptors (Lipinski definition) is 2. The summed E-state index contributed by atoms with van der Waals surface area (Å²) in [6, 6.07) is 15.4. The fraction of sp³-hybridized carbons (Fsp3) is 0.222. The van der Waals surface area contributed by atoms with E-state index in [2.05, 4.69) is 24.0 Å². The van der Waals surface area contributed by atoms with Gasteiger partial charge < -0.3 is 4.98 Å². The van der Waals surface area contributed by atoms with Gasteiger partial charge in [0.25, 0.3) is 0 Å². The van der Waals surface area contributed by atoms with Gasteiger partial charge in [0.2, 0.25) is 10.0 Å². The van der Waals surface area contributed by atoms with Crippen molar-refractivity contribution >= 4 is 20.9 Å². The third kappa shape index (κ3) is 2.90. The molecule has 0 fully saturated rings. The number of nitrogens with one attached hydrogen (secondary N) is 1. The number of aryl methyl sites for hydroxylation is 1. The van der Waals surface area contributed by atoms with Gasteiger partial charge in [-0.05, 0) is 42.7 Å². The van der Waals surface area contributed by atoms with Crippen molar-refractivity contribution in [2.45, 2.75) is 18.2 Å². The van der Waals surface area contributed by atoms with E-state index in [1.54, 1.807) is 26.2 Å². The Morgan fingerprint density at radius 3 is 2.30 bits per heavy atom. The molecule has 0 aliphatic carbocycles. The zero-order valence-electron chi connectivity index (χ0n) is 13.5. The van der Waals surface area contributed by atoms with E-state index in [9.17, 15) is 8.42 Å². The van der Waals surface area contributed by atoms with E-state index in [0.29, 0.717) is 4.90 Å². The van der Waals surface area contributed by atoms with Gasteiger partial charge in [-0.1, -0.05) is 30.3 Å². The molecule has 0 radical (unpaired) electrons. The number of H-pyrrole nitrogens is 1. The topological polar surface area (TPSA) is 53.2 Å². The van der Waals surface area contributed by atoms with Crippen molar-refractivity contribution < 1.29 is 8.42 Å². The summed E-state index contributed by atoms with van der Waals surface area (Å²) in [4.78, 5) is 3.72. The van der Waals surface area contributed by atoms with Crippen molar-refractivity contribution in [1.82, 2.24) is 9.29 Å². The summed E-state index contributed by atoms with van der Waals surface area (Å²) in [5, 5.41) is 1.22. The lowest BCUT2D eigenvalue weighted by Crippen LogP contribution is -2.22. The third-order valence-electron chi connectivity index (χ3n) is 4.11. The van der Waals surface area contributed by atoms with E-state index in [0.717, 1.165) is 23.2 Å². The highest BCUT2D eigenvalue weighted by molar-refractivity contribution is 7.89. The summed E-state index contributed by atoms with van der Waals surface area (Å²) in [6.07, 6.45) is 0.776. The van der Waals surface area contributed by atoms with Crippen LogP contribution in [0.3, 0.4) is 0 Å². The summed E-state index contributed by atoms with van der Waals surface area (Å²) in [5.41, 5.74) is 4.63. The van der Waals surface area contributed by atoms with Gasteiger partial charge in [-0.15, -0.1) is 0 Å². The van der Waals surface area contributed by atoms with Crippen molar-refractivity contribution in [3.8, 4) is 0 Å². The first-order valence-corrected chi connectivity index (χ1v) is 8.91. The maximum atomic E-state index is 12.1. The molecule has 0 aliphatic rings. The standard InChI is InChI=1S/C18H20N2O2S/c1-13-17(16-6-4-5-7-18(16)19-13)12-14-8-10-15(11-9-14)23(21,22)20(2)3/h4-11,19H,12H2,1-3H3. The highest BCUT2D eigenvalue weighted by atomic mass is 32.2. The number of aromatic amines is 1. The van der Waals surface area contributed by atoms with Crippen LogP contribution in [-0.2, 0) is 16.4 Å². The molecule has 120 valence electrons. The smallest absolute Gasteiger partial charge is 0.242 e. The molecule has 23 heavy (non-hydrogen) atoms. The number of sulfonamides is 1. The van der Waals surface area contributed by atoms with Gasteiger partial charge in [0.1, 0.15) is 0 Å². The predicted octanol–water partition coefficient (Wildman–Crippen LogP) is 3.32. The van der Waals surface area contributed by atoms with E-state index < -0.39 is 10.0 Å². The molecule has 1 N–H and O–H groups in total. The summed E-state index contributed by atoms with van der Waals surface area (Å²) in [5.74, 6) is 0. The Bertz CT molecular complexity index is 939. The van der Waals surface area contributed by atoms with Crippen LogP contribution in [0.2, 0.25) is 0 Å². The minimum atomic E-state index is -3.37. The lowest BCUT2D eigenvalue weighted by Gasteiger charge is -2.11. The van der Waals surface area contributed by atoms with Gasteiger partial charge in [-0.3, -0.25) is 0 Å². The molecule has 4 nitrogen and oxygen atoms in total. The summed E-state index contributed by atoms with van der Waals surface area (Å²) in [7, 11) is -0.291. The van der Waals surface area contributed by atoms with E-state index in [1.165, 1.54) is 15.3 Å². The minimum absolute atomic E-state index is 0.321.